The molecule has 4 nitrogen and oxygen atoms in total. The van der Waals surface area contributed by atoms with Crippen molar-refractivity contribution in [2.75, 3.05) is 17.2 Å². The Balaban J connectivity index is 2.15. The molecule has 0 bridgehead atoms. The molecule has 2 rings (SSSR count). The van der Waals surface area contributed by atoms with Crippen LogP contribution in [0.4, 0.5) is 15.9 Å². The molecule has 2 N–H and O–H groups in total. The van der Waals surface area contributed by atoms with E-state index in [1.54, 1.807) is 6.07 Å². The van der Waals surface area contributed by atoms with E-state index in [9.17, 15) is 9.18 Å². The number of hydrogen-bond donors (Lipinski definition) is 2. The van der Waals surface area contributed by atoms with Crippen molar-refractivity contribution in [2.24, 2.45) is 0 Å². The Hall–Kier alpha value is -2.14. The van der Waals surface area contributed by atoms with Crippen molar-refractivity contribution < 1.29 is 9.18 Å². The van der Waals surface area contributed by atoms with E-state index in [4.69, 9.17) is 11.6 Å². The molecule has 1 aromatic carbocycles. The van der Waals surface area contributed by atoms with Gasteiger partial charge in [0.15, 0.2) is 0 Å². The third-order valence-electron chi connectivity index (χ3n) is 2.53. The van der Waals surface area contributed by atoms with E-state index in [-0.39, 0.29) is 0 Å². The molecule has 0 saturated heterocycles. The zero-order chi connectivity index (χ0) is 14.5. The van der Waals surface area contributed by atoms with E-state index in [0.717, 1.165) is 0 Å². The van der Waals surface area contributed by atoms with E-state index in [2.05, 4.69) is 15.6 Å². The summed E-state index contributed by atoms with van der Waals surface area (Å²) >= 11 is 6.02. The largest absolute Gasteiger partial charge is 0.369 e. The number of rotatable bonds is 4. The van der Waals surface area contributed by atoms with Crippen LogP contribution in [0.3, 0.4) is 0 Å². The number of hydrogen-bond acceptors (Lipinski definition) is 3. The molecule has 0 aliphatic carbocycles. The summed E-state index contributed by atoms with van der Waals surface area (Å²) in [6, 6.07) is 7.17. The van der Waals surface area contributed by atoms with Crippen LogP contribution in [0, 0.1) is 5.82 Å². The van der Waals surface area contributed by atoms with E-state index in [1.807, 2.05) is 6.92 Å². The predicted octanol–water partition coefficient (Wildman–Crippen LogP) is 3.56. The number of anilines is 2. The van der Waals surface area contributed by atoms with Crippen LogP contribution in [-0.4, -0.2) is 17.4 Å². The van der Waals surface area contributed by atoms with Crippen LogP contribution in [0.15, 0.2) is 36.5 Å². The maximum absolute atomic E-state index is 13.0. The molecule has 20 heavy (non-hydrogen) atoms. The molecular weight excluding hydrogens is 281 g/mol. The topological polar surface area (TPSA) is 54.0 Å². The summed E-state index contributed by atoms with van der Waals surface area (Å²) in [4.78, 5) is 16.1. The van der Waals surface area contributed by atoms with Gasteiger partial charge in [0.1, 0.15) is 11.6 Å². The lowest BCUT2D eigenvalue weighted by molar-refractivity contribution is 0.102. The number of nitrogens with zero attached hydrogens (tertiary/aromatic N) is 1. The average molecular weight is 294 g/mol. The van der Waals surface area contributed by atoms with E-state index >= 15 is 0 Å². The second-order valence-corrected chi connectivity index (χ2v) is 4.46. The molecule has 1 aromatic heterocycles. The first kappa shape index (κ1) is 14.3. The molecule has 0 aliphatic heterocycles. The summed E-state index contributed by atoms with van der Waals surface area (Å²) in [6.45, 7) is 2.60. The lowest BCUT2D eigenvalue weighted by Crippen LogP contribution is -2.13. The zero-order valence-electron chi connectivity index (χ0n) is 10.8. The molecular formula is C14H13ClFN3O. The Morgan fingerprint density at radius 2 is 2.20 bits per heavy atom. The van der Waals surface area contributed by atoms with Crippen LogP contribution in [0.2, 0.25) is 5.02 Å². The van der Waals surface area contributed by atoms with E-state index in [0.29, 0.717) is 28.6 Å². The second kappa shape index (κ2) is 6.34. The molecule has 0 unspecified atom stereocenters. The maximum Gasteiger partial charge on any atom is 0.257 e. The van der Waals surface area contributed by atoms with Gasteiger partial charge in [0.25, 0.3) is 5.91 Å². The Bertz CT molecular complexity index is 634. The predicted molar refractivity (Wildman–Crippen MR) is 77.8 cm³/mol. The van der Waals surface area contributed by atoms with Crippen molar-refractivity contribution in [2.45, 2.75) is 6.92 Å². The van der Waals surface area contributed by atoms with E-state index < -0.39 is 11.7 Å². The van der Waals surface area contributed by atoms with Gasteiger partial charge >= 0.3 is 0 Å². The molecule has 1 heterocycles. The van der Waals surface area contributed by atoms with Crippen LogP contribution in [-0.2, 0) is 0 Å². The summed E-state index contributed by atoms with van der Waals surface area (Å²) in [5.74, 6) is -0.286. The van der Waals surface area contributed by atoms with Gasteiger partial charge < -0.3 is 10.6 Å². The minimum atomic E-state index is -0.415. The van der Waals surface area contributed by atoms with Crippen molar-refractivity contribution in [3.05, 3.63) is 52.9 Å². The van der Waals surface area contributed by atoms with Gasteiger partial charge in [-0.3, -0.25) is 4.79 Å². The lowest BCUT2D eigenvalue weighted by Gasteiger charge is -2.08. The summed E-state index contributed by atoms with van der Waals surface area (Å²) in [6.07, 6.45) is 1.42. The van der Waals surface area contributed by atoms with Crippen LogP contribution < -0.4 is 10.6 Å². The van der Waals surface area contributed by atoms with Crippen molar-refractivity contribution in [1.82, 2.24) is 4.98 Å². The SMILES string of the molecule is CCNc1ncc(C(=O)Nc2cccc(F)c2)cc1Cl. The van der Waals surface area contributed by atoms with Crippen LogP contribution in [0.5, 0.6) is 0 Å². The highest BCUT2D eigenvalue weighted by Crippen LogP contribution is 2.20. The molecule has 104 valence electrons. The highest BCUT2D eigenvalue weighted by atomic mass is 35.5. The van der Waals surface area contributed by atoms with Crippen molar-refractivity contribution in [3.63, 3.8) is 0 Å². The van der Waals surface area contributed by atoms with Gasteiger partial charge in [-0.2, -0.15) is 0 Å². The summed E-state index contributed by atoms with van der Waals surface area (Å²) in [5.41, 5.74) is 0.683. The number of nitrogens with one attached hydrogen (secondary N) is 2. The molecule has 0 atom stereocenters. The standard InChI is InChI=1S/C14H13ClFN3O/c1-2-17-13-12(15)6-9(8-18-13)14(20)19-11-5-3-4-10(16)7-11/h3-8H,2H2,1H3,(H,17,18)(H,19,20). The number of amides is 1. The molecule has 2 aromatic rings. The van der Waals surface area contributed by atoms with Crippen LogP contribution >= 0.6 is 11.6 Å². The maximum atomic E-state index is 13.0. The van der Waals surface area contributed by atoms with Crippen molar-refractivity contribution in [3.8, 4) is 0 Å². The van der Waals surface area contributed by atoms with Gasteiger partial charge in [-0.05, 0) is 31.2 Å². The zero-order valence-corrected chi connectivity index (χ0v) is 11.5. The lowest BCUT2D eigenvalue weighted by atomic mass is 10.2. The van der Waals surface area contributed by atoms with Crippen molar-refractivity contribution in [1.29, 1.82) is 0 Å². The summed E-state index contributed by atoms with van der Waals surface area (Å²) in [5, 5.41) is 5.91. The quantitative estimate of drug-likeness (QED) is 0.906. The Kier molecular flexibility index (Phi) is 4.53. The highest BCUT2D eigenvalue weighted by molar-refractivity contribution is 6.33. The number of aromatic nitrogens is 1. The van der Waals surface area contributed by atoms with Gasteiger partial charge in [0, 0.05) is 18.4 Å². The molecule has 0 radical (unpaired) electrons. The normalized spacial score (nSPS) is 10.2. The van der Waals surface area contributed by atoms with Gasteiger partial charge in [0.05, 0.1) is 10.6 Å². The average Bonchev–Trinajstić information content (AvgIpc) is 2.41. The van der Waals surface area contributed by atoms with Gasteiger partial charge in [-0.15, -0.1) is 0 Å². The molecule has 0 fully saturated rings. The number of carbonyl (C=O) groups is 1. The Labute approximate surface area is 121 Å². The smallest absolute Gasteiger partial charge is 0.257 e. The Morgan fingerprint density at radius 1 is 1.40 bits per heavy atom. The summed E-state index contributed by atoms with van der Waals surface area (Å²) < 4.78 is 13.0. The Morgan fingerprint density at radius 3 is 2.85 bits per heavy atom. The first-order valence-corrected chi connectivity index (χ1v) is 6.44. The third-order valence-corrected chi connectivity index (χ3v) is 2.82. The highest BCUT2D eigenvalue weighted by Gasteiger charge is 2.10. The minimum absolute atomic E-state index is 0.306. The number of pyridine rings is 1. The van der Waals surface area contributed by atoms with Gasteiger partial charge in [-0.1, -0.05) is 17.7 Å². The number of halogens is 2. The van der Waals surface area contributed by atoms with E-state index in [1.165, 1.54) is 30.5 Å². The second-order valence-electron chi connectivity index (χ2n) is 4.05. The van der Waals surface area contributed by atoms with Crippen molar-refractivity contribution >= 4 is 29.0 Å². The monoisotopic (exact) mass is 293 g/mol. The van der Waals surface area contributed by atoms with Gasteiger partial charge in [0.2, 0.25) is 0 Å². The molecule has 0 spiro atoms. The first-order chi connectivity index (χ1) is 9.60. The molecule has 0 saturated carbocycles. The number of benzene rings is 1. The summed E-state index contributed by atoms with van der Waals surface area (Å²) in [7, 11) is 0. The third kappa shape index (κ3) is 3.45. The van der Waals surface area contributed by atoms with Crippen LogP contribution in [0.25, 0.3) is 0 Å². The molecule has 0 aliphatic rings. The van der Waals surface area contributed by atoms with Gasteiger partial charge in [-0.25, -0.2) is 9.37 Å². The fourth-order valence-corrected chi connectivity index (χ4v) is 1.86. The fraction of sp³-hybridized carbons (Fsp3) is 0.143. The minimum Gasteiger partial charge on any atom is -0.369 e. The fourth-order valence-electron chi connectivity index (χ4n) is 1.63. The van der Waals surface area contributed by atoms with Crippen LogP contribution in [0.1, 0.15) is 17.3 Å². The first-order valence-electron chi connectivity index (χ1n) is 6.06. The molecule has 6 heteroatoms. The molecule has 1 amide bonds. The number of carbonyl (C=O) groups excluding carboxylic acids is 1.